The predicted octanol–water partition coefficient (Wildman–Crippen LogP) is 2.82. The zero-order valence-electron chi connectivity index (χ0n) is 17.3. The summed E-state index contributed by atoms with van der Waals surface area (Å²) in [6, 6.07) is 17.7. The monoisotopic (exact) mass is 394 g/mol. The maximum absolute atomic E-state index is 12.5. The predicted molar refractivity (Wildman–Crippen MR) is 117 cm³/mol. The van der Waals surface area contributed by atoms with Crippen LogP contribution >= 0.6 is 0 Å². The minimum atomic E-state index is -0.283. The lowest BCUT2D eigenvalue weighted by Gasteiger charge is -2.34. The Labute approximate surface area is 173 Å². The van der Waals surface area contributed by atoms with E-state index in [-0.39, 0.29) is 18.2 Å². The highest BCUT2D eigenvalue weighted by Crippen LogP contribution is 2.19. The molecular weight excluding hydrogens is 364 g/mol. The van der Waals surface area contributed by atoms with Crippen LogP contribution in [-0.2, 0) is 16.1 Å². The van der Waals surface area contributed by atoms with E-state index in [1.54, 1.807) is 4.90 Å². The molecule has 3 rings (SSSR count). The van der Waals surface area contributed by atoms with Crippen LogP contribution in [0.3, 0.4) is 0 Å². The first kappa shape index (κ1) is 20.9. The van der Waals surface area contributed by atoms with Gasteiger partial charge in [0.25, 0.3) is 0 Å². The minimum absolute atomic E-state index is 0.152. The van der Waals surface area contributed by atoms with E-state index in [1.807, 2.05) is 61.5 Å². The summed E-state index contributed by atoms with van der Waals surface area (Å²) in [5.74, 6) is -0.447. The molecule has 0 aliphatic carbocycles. The number of benzene rings is 2. The molecule has 1 N–H and O–H groups in total. The number of anilines is 2. The van der Waals surface area contributed by atoms with Crippen LogP contribution in [0.15, 0.2) is 54.6 Å². The Morgan fingerprint density at radius 2 is 1.62 bits per heavy atom. The molecule has 0 unspecified atom stereocenters. The van der Waals surface area contributed by atoms with Crippen LogP contribution in [0, 0.1) is 0 Å². The molecule has 1 saturated heterocycles. The molecule has 6 nitrogen and oxygen atoms in total. The second kappa shape index (κ2) is 10.1. The Bertz CT molecular complexity index is 799. The van der Waals surface area contributed by atoms with Crippen molar-refractivity contribution in [1.82, 2.24) is 9.80 Å². The molecule has 1 aliphatic heterocycles. The van der Waals surface area contributed by atoms with Gasteiger partial charge in [0.2, 0.25) is 11.8 Å². The second-order valence-electron chi connectivity index (χ2n) is 7.46. The number of likely N-dealkylation sites (N-methyl/N-ethyl adjacent to an activating group) is 1. The van der Waals surface area contributed by atoms with E-state index in [2.05, 4.69) is 22.2 Å². The quantitative estimate of drug-likeness (QED) is 0.734. The van der Waals surface area contributed by atoms with E-state index in [4.69, 9.17) is 0 Å². The maximum Gasteiger partial charge on any atom is 0.233 e. The van der Waals surface area contributed by atoms with Gasteiger partial charge in [-0.3, -0.25) is 9.59 Å². The Kier molecular flexibility index (Phi) is 7.25. The number of nitrogens with zero attached hydrogens (tertiary/aromatic N) is 3. The molecule has 2 amide bonds. The number of hydrogen-bond donors (Lipinski definition) is 1. The van der Waals surface area contributed by atoms with Crippen molar-refractivity contribution >= 4 is 23.2 Å². The highest BCUT2D eigenvalue weighted by atomic mass is 16.2. The van der Waals surface area contributed by atoms with Crippen molar-refractivity contribution in [3.8, 4) is 0 Å². The number of piperazine rings is 1. The van der Waals surface area contributed by atoms with Gasteiger partial charge in [-0.2, -0.15) is 0 Å². The molecule has 0 atom stereocenters. The van der Waals surface area contributed by atoms with Crippen LogP contribution in [0.2, 0.25) is 0 Å². The van der Waals surface area contributed by atoms with Gasteiger partial charge in [0.15, 0.2) is 0 Å². The Morgan fingerprint density at radius 1 is 0.966 bits per heavy atom. The number of nitrogens with one attached hydrogen (secondary N) is 1. The molecule has 0 bridgehead atoms. The van der Waals surface area contributed by atoms with Gasteiger partial charge >= 0.3 is 0 Å². The summed E-state index contributed by atoms with van der Waals surface area (Å²) in [6.45, 7) is 7.13. The largest absolute Gasteiger partial charge is 0.369 e. The van der Waals surface area contributed by atoms with Crippen LogP contribution in [0.1, 0.15) is 18.9 Å². The Hall–Kier alpha value is -2.86. The normalized spacial score (nSPS) is 14.5. The molecule has 0 aromatic heterocycles. The van der Waals surface area contributed by atoms with Crippen molar-refractivity contribution < 1.29 is 9.59 Å². The summed E-state index contributed by atoms with van der Waals surface area (Å²) < 4.78 is 0. The lowest BCUT2D eigenvalue weighted by molar-refractivity contribution is -0.134. The Morgan fingerprint density at radius 3 is 2.24 bits per heavy atom. The van der Waals surface area contributed by atoms with Crippen molar-refractivity contribution in [2.75, 3.05) is 50.0 Å². The van der Waals surface area contributed by atoms with Crippen LogP contribution < -0.4 is 10.2 Å². The molecule has 1 fully saturated rings. The molecular formula is C23H30N4O2. The minimum Gasteiger partial charge on any atom is -0.369 e. The third-order valence-electron chi connectivity index (χ3n) is 5.28. The summed E-state index contributed by atoms with van der Waals surface area (Å²) in [7, 11) is 2.14. The molecule has 6 heteroatoms. The van der Waals surface area contributed by atoms with Crippen LogP contribution in [0.5, 0.6) is 0 Å². The molecule has 2 aromatic carbocycles. The maximum atomic E-state index is 12.5. The summed E-state index contributed by atoms with van der Waals surface area (Å²) in [6.07, 6.45) is -0.152. The van der Waals surface area contributed by atoms with Gasteiger partial charge in [0, 0.05) is 50.6 Å². The lowest BCUT2D eigenvalue weighted by atomic mass is 10.2. The van der Waals surface area contributed by atoms with Gasteiger partial charge < -0.3 is 20.0 Å². The van der Waals surface area contributed by atoms with Crippen LogP contribution in [0.25, 0.3) is 0 Å². The summed E-state index contributed by atoms with van der Waals surface area (Å²) >= 11 is 0. The van der Waals surface area contributed by atoms with E-state index in [0.29, 0.717) is 18.8 Å². The van der Waals surface area contributed by atoms with Gasteiger partial charge in [-0.15, -0.1) is 0 Å². The average Bonchev–Trinajstić information content (AvgIpc) is 2.74. The first-order valence-corrected chi connectivity index (χ1v) is 10.2. The van der Waals surface area contributed by atoms with Crippen molar-refractivity contribution in [3.63, 3.8) is 0 Å². The summed E-state index contributed by atoms with van der Waals surface area (Å²) in [4.78, 5) is 31.2. The standard InChI is InChI=1S/C23H30N4O2/c1-3-26(18-19-7-5-4-6-8-19)23(29)17-22(28)24-20-9-11-21(12-10-20)27-15-13-25(2)14-16-27/h4-12H,3,13-18H2,1-2H3,(H,24,28). The van der Waals surface area contributed by atoms with Crippen molar-refractivity contribution in [3.05, 3.63) is 60.2 Å². The fourth-order valence-corrected chi connectivity index (χ4v) is 3.45. The third kappa shape index (κ3) is 6.06. The molecule has 0 spiro atoms. The molecule has 0 saturated carbocycles. The second-order valence-corrected chi connectivity index (χ2v) is 7.46. The highest BCUT2D eigenvalue weighted by Gasteiger charge is 2.17. The van der Waals surface area contributed by atoms with Gasteiger partial charge in [-0.1, -0.05) is 30.3 Å². The first-order chi connectivity index (χ1) is 14.0. The number of carbonyl (C=O) groups excluding carboxylic acids is 2. The van der Waals surface area contributed by atoms with E-state index in [9.17, 15) is 9.59 Å². The summed E-state index contributed by atoms with van der Waals surface area (Å²) in [5.41, 5.74) is 2.93. The smallest absolute Gasteiger partial charge is 0.233 e. The zero-order valence-corrected chi connectivity index (χ0v) is 17.3. The van der Waals surface area contributed by atoms with Gasteiger partial charge in [0.1, 0.15) is 6.42 Å². The molecule has 1 heterocycles. The summed E-state index contributed by atoms with van der Waals surface area (Å²) in [5, 5.41) is 2.84. The van der Waals surface area contributed by atoms with Crippen molar-refractivity contribution in [1.29, 1.82) is 0 Å². The Balaban J connectivity index is 1.51. The molecule has 29 heavy (non-hydrogen) atoms. The van der Waals surface area contributed by atoms with E-state index in [1.165, 1.54) is 0 Å². The van der Waals surface area contributed by atoms with E-state index in [0.717, 1.165) is 37.4 Å². The van der Waals surface area contributed by atoms with Crippen molar-refractivity contribution in [2.24, 2.45) is 0 Å². The topological polar surface area (TPSA) is 55.9 Å². The lowest BCUT2D eigenvalue weighted by Crippen LogP contribution is -2.44. The van der Waals surface area contributed by atoms with E-state index < -0.39 is 0 Å². The number of carbonyl (C=O) groups is 2. The number of amides is 2. The number of hydrogen-bond acceptors (Lipinski definition) is 4. The fraction of sp³-hybridized carbons (Fsp3) is 0.391. The molecule has 2 aromatic rings. The fourth-order valence-electron chi connectivity index (χ4n) is 3.45. The van der Waals surface area contributed by atoms with Gasteiger partial charge in [0.05, 0.1) is 0 Å². The number of rotatable bonds is 7. The zero-order chi connectivity index (χ0) is 20.6. The molecule has 0 radical (unpaired) electrons. The van der Waals surface area contributed by atoms with Crippen LogP contribution in [-0.4, -0.2) is 61.4 Å². The van der Waals surface area contributed by atoms with Gasteiger partial charge in [-0.25, -0.2) is 0 Å². The van der Waals surface area contributed by atoms with E-state index >= 15 is 0 Å². The molecule has 1 aliphatic rings. The third-order valence-corrected chi connectivity index (χ3v) is 5.28. The molecule has 154 valence electrons. The average molecular weight is 395 g/mol. The van der Waals surface area contributed by atoms with Crippen LogP contribution in [0.4, 0.5) is 11.4 Å². The van der Waals surface area contributed by atoms with Gasteiger partial charge in [-0.05, 0) is 43.8 Å². The highest BCUT2D eigenvalue weighted by molar-refractivity contribution is 6.03. The first-order valence-electron chi connectivity index (χ1n) is 10.2. The SMILES string of the molecule is CCN(Cc1ccccc1)C(=O)CC(=O)Nc1ccc(N2CCN(C)CC2)cc1. The van der Waals surface area contributed by atoms with Crippen molar-refractivity contribution in [2.45, 2.75) is 19.9 Å².